The van der Waals surface area contributed by atoms with Crippen molar-refractivity contribution >= 4 is 0 Å². The summed E-state index contributed by atoms with van der Waals surface area (Å²) in [4.78, 5) is 0. The second kappa shape index (κ2) is 3.67. The molecule has 0 N–H and O–H groups in total. The predicted octanol–water partition coefficient (Wildman–Crippen LogP) is -1.35. The number of rotatable bonds is 1. The first-order chi connectivity index (χ1) is 4.43. The van der Waals surface area contributed by atoms with Gasteiger partial charge >= 0.3 is 65.2 Å². The molecule has 0 saturated heterocycles. The molecule has 0 amide bonds. The molecule has 0 spiro atoms. The Balaban J connectivity index is 2.42. The fourth-order valence-electron chi connectivity index (χ4n) is 0.618. The SMILES string of the molecule is N#CCC1C=C[I-]C=C1. The maximum atomic E-state index is 8.31. The molecule has 0 aromatic rings. The summed E-state index contributed by atoms with van der Waals surface area (Å²) in [5, 5.41) is 8.31. The van der Waals surface area contributed by atoms with Crippen LogP contribution in [-0.2, 0) is 0 Å². The summed E-state index contributed by atoms with van der Waals surface area (Å²) >= 11 is 0.206. The Bertz CT molecular complexity index is 164. The van der Waals surface area contributed by atoms with Crippen LogP contribution in [0.25, 0.3) is 0 Å². The van der Waals surface area contributed by atoms with Gasteiger partial charge in [-0.25, -0.2) is 0 Å². The topological polar surface area (TPSA) is 23.8 Å². The predicted molar refractivity (Wildman–Crippen MR) is 32.0 cm³/mol. The quantitative estimate of drug-likeness (QED) is 0.512. The van der Waals surface area contributed by atoms with Crippen LogP contribution in [0, 0.1) is 17.2 Å². The molecular weight excluding hydrogens is 225 g/mol. The van der Waals surface area contributed by atoms with Gasteiger partial charge in [0.1, 0.15) is 0 Å². The molecule has 9 heavy (non-hydrogen) atoms. The molecule has 0 bridgehead atoms. The molecule has 1 aliphatic rings. The summed E-state index contributed by atoms with van der Waals surface area (Å²) in [6.07, 6.45) is 4.91. The molecule has 0 fully saturated rings. The van der Waals surface area contributed by atoms with Crippen LogP contribution in [0.15, 0.2) is 20.3 Å². The number of nitrogens with zero attached hydrogens (tertiary/aromatic N) is 1. The van der Waals surface area contributed by atoms with E-state index in [1.54, 1.807) is 0 Å². The fraction of sp³-hybridized carbons (Fsp3) is 0.286. The zero-order valence-corrected chi connectivity index (χ0v) is 7.08. The van der Waals surface area contributed by atoms with E-state index in [1.165, 1.54) is 0 Å². The van der Waals surface area contributed by atoms with Crippen LogP contribution in [0.1, 0.15) is 6.42 Å². The van der Waals surface area contributed by atoms with E-state index in [0.29, 0.717) is 12.3 Å². The van der Waals surface area contributed by atoms with Crippen molar-refractivity contribution < 1.29 is 21.2 Å². The van der Waals surface area contributed by atoms with E-state index in [4.69, 9.17) is 5.26 Å². The van der Waals surface area contributed by atoms with Crippen molar-refractivity contribution in [2.45, 2.75) is 6.42 Å². The Labute approximate surface area is 65.3 Å². The molecule has 0 radical (unpaired) electrons. The molecule has 48 valence electrons. The second-order valence-electron chi connectivity index (χ2n) is 1.79. The van der Waals surface area contributed by atoms with E-state index in [0.717, 1.165) is 0 Å². The second-order valence-corrected chi connectivity index (χ2v) is 3.95. The zero-order valence-electron chi connectivity index (χ0n) is 4.92. The van der Waals surface area contributed by atoms with Gasteiger partial charge in [-0.05, 0) is 0 Å². The Morgan fingerprint density at radius 3 is 2.67 bits per heavy atom. The number of hydrogen-bond acceptors (Lipinski definition) is 1. The minimum absolute atomic E-state index is 0.206. The van der Waals surface area contributed by atoms with Gasteiger partial charge in [-0.1, -0.05) is 0 Å². The van der Waals surface area contributed by atoms with Gasteiger partial charge in [0.25, 0.3) is 0 Å². The fourth-order valence-corrected chi connectivity index (χ4v) is 2.40. The monoisotopic (exact) mass is 232 g/mol. The van der Waals surface area contributed by atoms with Crippen LogP contribution < -0.4 is 21.2 Å². The van der Waals surface area contributed by atoms with Gasteiger partial charge in [0, 0.05) is 0 Å². The van der Waals surface area contributed by atoms with Gasteiger partial charge in [-0.3, -0.25) is 0 Å². The minimum atomic E-state index is 0.206. The third kappa shape index (κ3) is 2.19. The normalized spacial score (nSPS) is 18.6. The van der Waals surface area contributed by atoms with Gasteiger partial charge in [0.05, 0.1) is 0 Å². The van der Waals surface area contributed by atoms with Crippen molar-refractivity contribution in [1.82, 2.24) is 0 Å². The van der Waals surface area contributed by atoms with E-state index in [2.05, 4.69) is 26.4 Å². The number of nitriles is 1. The Kier molecular flexibility index (Phi) is 2.78. The summed E-state index contributed by atoms with van der Waals surface area (Å²) in [7, 11) is 0. The van der Waals surface area contributed by atoms with E-state index >= 15 is 0 Å². The molecule has 2 heteroatoms. The summed E-state index contributed by atoms with van der Waals surface area (Å²) in [5.74, 6) is 0.406. The molecule has 0 atom stereocenters. The third-order valence-corrected chi connectivity index (χ3v) is 2.77. The van der Waals surface area contributed by atoms with Crippen molar-refractivity contribution in [2.75, 3.05) is 0 Å². The molecule has 0 saturated carbocycles. The molecule has 1 rings (SSSR count). The van der Waals surface area contributed by atoms with Gasteiger partial charge in [-0.15, -0.1) is 0 Å². The zero-order chi connectivity index (χ0) is 6.53. The van der Waals surface area contributed by atoms with Gasteiger partial charge in [-0.2, -0.15) is 0 Å². The molecule has 1 nitrogen and oxygen atoms in total. The van der Waals surface area contributed by atoms with Crippen molar-refractivity contribution in [3.8, 4) is 6.07 Å². The van der Waals surface area contributed by atoms with Crippen LogP contribution in [-0.4, -0.2) is 0 Å². The van der Waals surface area contributed by atoms with Gasteiger partial charge in [0.2, 0.25) is 0 Å². The van der Waals surface area contributed by atoms with Crippen molar-refractivity contribution in [3.63, 3.8) is 0 Å². The number of allylic oxidation sites excluding steroid dienone is 2. The van der Waals surface area contributed by atoms with Crippen molar-refractivity contribution in [2.24, 2.45) is 5.92 Å². The summed E-state index contributed by atoms with van der Waals surface area (Å²) in [6, 6.07) is 2.15. The van der Waals surface area contributed by atoms with Crippen LogP contribution in [0.2, 0.25) is 0 Å². The number of halogens is 1. The molecule has 1 aliphatic heterocycles. The Morgan fingerprint density at radius 1 is 1.44 bits per heavy atom. The van der Waals surface area contributed by atoms with Gasteiger partial charge in [0.15, 0.2) is 0 Å². The van der Waals surface area contributed by atoms with Gasteiger partial charge < -0.3 is 0 Å². The standard InChI is InChI=1S/C7H7IN/c9-6-3-7-1-4-8-5-2-7/h1-2,4-5,7H,3H2/q-1. The molecule has 0 unspecified atom stereocenters. The maximum absolute atomic E-state index is 8.31. The van der Waals surface area contributed by atoms with E-state index in [1.807, 2.05) is 0 Å². The Hall–Kier alpha value is -0.300. The molecule has 0 aromatic heterocycles. The first kappa shape index (κ1) is 6.81. The van der Waals surface area contributed by atoms with Crippen molar-refractivity contribution in [3.05, 3.63) is 20.3 Å². The molecule has 0 aromatic carbocycles. The van der Waals surface area contributed by atoms with Crippen molar-refractivity contribution in [1.29, 1.82) is 5.26 Å². The molecule has 0 aliphatic carbocycles. The van der Waals surface area contributed by atoms with Crippen LogP contribution >= 0.6 is 0 Å². The first-order valence-electron chi connectivity index (χ1n) is 2.76. The third-order valence-electron chi connectivity index (χ3n) is 1.11. The summed E-state index contributed by atoms with van der Waals surface area (Å²) in [5.41, 5.74) is 0. The molecular formula is C7H7IN-. The summed E-state index contributed by atoms with van der Waals surface area (Å²) < 4.78 is 4.42. The average Bonchev–Trinajstić information content (AvgIpc) is 1.91. The number of hydrogen-bond donors (Lipinski definition) is 0. The van der Waals surface area contributed by atoms with Crippen LogP contribution in [0.5, 0.6) is 0 Å². The first-order valence-corrected chi connectivity index (χ1v) is 5.25. The molecule has 1 heterocycles. The average molecular weight is 232 g/mol. The van der Waals surface area contributed by atoms with Crippen LogP contribution in [0.4, 0.5) is 0 Å². The summed E-state index contributed by atoms with van der Waals surface area (Å²) in [6.45, 7) is 0. The van der Waals surface area contributed by atoms with E-state index in [9.17, 15) is 0 Å². The Morgan fingerprint density at radius 2 is 2.11 bits per heavy atom. The van der Waals surface area contributed by atoms with Crippen LogP contribution in [0.3, 0.4) is 0 Å². The van der Waals surface area contributed by atoms with E-state index in [-0.39, 0.29) is 21.2 Å². The van der Waals surface area contributed by atoms with E-state index < -0.39 is 0 Å².